The van der Waals surface area contributed by atoms with Gasteiger partial charge in [-0.15, -0.1) is 13.2 Å². The summed E-state index contributed by atoms with van der Waals surface area (Å²) < 4.78 is 40.7. The van der Waals surface area contributed by atoms with Crippen LogP contribution in [-0.2, 0) is 0 Å². The van der Waals surface area contributed by atoms with Gasteiger partial charge in [-0.25, -0.2) is 0 Å². The second-order valence-corrected chi connectivity index (χ2v) is 4.38. The van der Waals surface area contributed by atoms with Crippen LogP contribution >= 0.6 is 11.6 Å². The molecule has 0 aliphatic heterocycles. The Kier molecular flexibility index (Phi) is 3.80. The highest BCUT2D eigenvalue weighted by atomic mass is 35.5. The van der Waals surface area contributed by atoms with Gasteiger partial charge in [-0.3, -0.25) is 4.98 Å². The number of anilines is 2. The highest BCUT2D eigenvalue weighted by Crippen LogP contribution is 2.36. The summed E-state index contributed by atoms with van der Waals surface area (Å²) in [6.45, 7) is 2.38. The fourth-order valence-corrected chi connectivity index (χ4v) is 2.07. The van der Waals surface area contributed by atoms with E-state index in [2.05, 4.69) is 15.0 Å². The molecule has 0 amide bonds. The van der Waals surface area contributed by atoms with Crippen molar-refractivity contribution >= 4 is 33.9 Å². The highest BCUT2D eigenvalue weighted by Gasteiger charge is 2.31. The minimum Gasteiger partial charge on any atom is -0.406 e. The van der Waals surface area contributed by atoms with E-state index in [0.717, 1.165) is 6.07 Å². The van der Waals surface area contributed by atoms with Crippen molar-refractivity contribution in [1.29, 1.82) is 0 Å². The number of rotatable bonds is 3. The molecule has 0 atom stereocenters. The number of halogens is 4. The smallest absolute Gasteiger partial charge is 0.406 e. The maximum Gasteiger partial charge on any atom is 0.573 e. The zero-order valence-electron chi connectivity index (χ0n) is 10.4. The monoisotopic (exact) mass is 305 g/mol. The molecule has 4 nitrogen and oxygen atoms in total. The number of pyridine rings is 1. The summed E-state index contributed by atoms with van der Waals surface area (Å²) in [6, 6.07) is 2.27. The average Bonchev–Trinajstić information content (AvgIpc) is 2.31. The Morgan fingerprint density at radius 3 is 2.70 bits per heavy atom. The van der Waals surface area contributed by atoms with Crippen molar-refractivity contribution in [3.8, 4) is 5.75 Å². The number of alkyl halides is 3. The third-order valence-corrected chi connectivity index (χ3v) is 2.80. The largest absolute Gasteiger partial charge is 0.573 e. The van der Waals surface area contributed by atoms with Gasteiger partial charge in [0.15, 0.2) is 0 Å². The van der Waals surface area contributed by atoms with E-state index < -0.39 is 12.1 Å². The van der Waals surface area contributed by atoms with Gasteiger partial charge < -0.3 is 15.8 Å². The molecule has 1 aromatic carbocycles. The number of ether oxygens (including phenoxy) is 1. The first kappa shape index (κ1) is 14.5. The molecule has 20 heavy (non-hydrogen) atoms. The number of nitrogen functional groups attached to an aromatic ring is 1. The van der Waals surface area contributed by atoms with Crippen LogP contribution in [0, 0.1) is 0 Å². The van der Waals surface area contributed by atoms with Crippen LogP contribution in [0.2, 0.25) is 5.02 Å². The zero-order chi connectivity index (χ0) is 14.9. The number of hydrogen-bond acceptors (Lipinski definition) is 4. The van der Waals surface area contributed by atoms with Crippen molar-refractivity contribution in [3.63, 3.8) is 0 Å². The van der Waals surface area contributed by atoms with Crippen LogP contribution in [0.3, 0.4) is 0 Å². The number of nitrogens with two attached hydrogens (primary N) is 1. The molecule has 0 radical (unpaired) electrons. The van der Waals surface area contributed by atoms with Crippen LogP contribution < -0.4 is 15.8 Å². The predicted octanol–water partition coefficient (Wildman–Crippen LogP) is 3.80. The minimum atomic E-state index is -4.79. The molecule has 8 heteroatoms. The standard InChI is InChI=1S/C12H11ClF3N3O/c1-2-18-11-7-3-6(20-12(14,15)16)4-8(13)10(7)19-5-9(11)17/h3-5H,2,17H2,1H3,(H,18,19). The van der Waals surface area contributed by atoms with Gasteiger partial charge in [0.25, 0.3) is 0 Å². The maximum atomic E-state index is 12.3. The molecule has 0 aliphatic rings. The summed E-state index contributed by atoms with van der Waals surface area (Å²) >= 11 is 5.94. The van der Waals surface area contributed by atoms with E-state index in [1.807, 2.05) is 6.92 Å². The normalized spacial score (nSPS) is 11.7. The van der Waals surface area contributed by atoms with Gasteiger partial charge in [-0.2, -0.15) is 0 Å². The summed E-state index contributed by atoms with van der Waals surface area (Å²) in [7, 11) is 0. The lowest BCUT2D eigenvalue weighted by Crippen LogP contribution is -2.17. The van der Waals surface area contributed by atoms with Crippen molar-refractivity contribution < 1.29 is 17.9 Å². The molecule has 0 bridgehead atoms. The van der Waals surface area contributed by atoms with E-state index in [1.165, 1.54) is 12.3 Å². The number of fused-ring (bicyclic) bond motifs is 1. The summed E-state index contributed by atoms with van der Waals surface area (Å²) in [4.78, 5) is 4.03. The molecule has 0 aliphatic carbocycles. The Morgan fingerprint density at radius 1 is 1.40 bits per heavy atom. The zero-order valence-corrected chi connectivity index (χ0v) is 11.1. The van der Waals surface area contributed by atoms with Crippen molar-refractivity contribution in [2.24, 2.45) is 0 Å². The topological polar surface area (TPSA) is 60.2 Å². The van der Waals surface area contributed by atoms with E-state index in [4.69, 9.17) is 17.3 Å². The quantitative estimate of drug-likeness (QED) is 0.905. The summed E-state index contributed by atoms with van der Waals surface area (Å²) in [5.74, 6) is -0.415. The lowest BCUT2D eigenvalue weighted by molar-refractivity contribution is -0.274. The molecule has 3 N–H and O–H groups in total. The fourth-order valence-electron chi connectivity index (χ4n) is 1.82. The van der Waals surface area contributed by atoms with E-state index in [-0.39, 0.29) is 5.02 Å². The molecule has 108 valence electrons. The van der Waals surface area contributed by atoms with Gasteiger partial charge in [0.05, 0.1) is 28.1 Å². The summed E-state index contributed by atoms with van der Waals surface area (Å²) in [6.07, 6.45) is -3.39. The molecule has 0 unspecified atom stereocenters. The Balaban J connectivity index is 2.63. The lowest BCUT2D eigenvalue weighted by Gasteiger charge is -2.14. The third-order valence-electron chi connectivity index (χ3n) is 2.51. The lowest BCUT2D eigenvalue weighted by atomic mass is 10.1. The van der Waals surface area contributed by atoms with Crippen molar-refractivity contribution in [1.82, 2.24) is 4.98 Å². The number of benzene rings is 1. The van der Waals surface area contributed by atoms with Gasteiger partial charge in [0, 0.05) is 18.0 Å². The molecular formula is C12H11ClF3N3O. The van der Waals surface area contributed by atoms with E-state index in [9.17, 15) is 13.2 Å². The molecule has 1 aromatic heterocycles. The SMILES string of the molecule is CCNc1c(N)cnc2c(Cl)cc(OC(F)(F)F)cc12. The van der Waals surface area contributed by atoms with Crippen molar-refractivity contribution in [2.45, 2.75) is 13.3 Å². The molecular weight excluding hydrogens is 295 g/mol. The number of hydrogen-bond donors (Lipinski definition) is 2. The van der Waals surface area contributed by atoms with Crippen LogP contribution in [0.25, 0.3) is 10.9 Å². The second-order valence-electron chi connectivity index (χ2n) is 3.97. The Bertz CT molecular complexity index is 646. The first-order valence-electron chi connectivity index (χ1n) is 5.69. The van der Waals surface area contributed by atoms with Crippen LogP contribution in [0.5, 0.6) is 5.75 Å². The number of nitrogens with one attached hydrogen (secondary N) is 1. The third kappa shape index (κ3) is 2.98. The van der Waals surface area contributed by atoms with Gasteiger partial charge in [-0.1, -0.05) is 11.6 Å². The molecule has 2 aromatic rings. The number of nitrogens with zero attached hydrogens (tertiary/aromatic N) is 1. The Labute approximate surface area is 117 Å². The van der Waals surface area contributed by atoms with Crippen LogP contribution in [0.15, 0.2) is 18.3 Å². The minimum absolute atomic E-state index is 0.0564. The predicted molar refractivity (Wildman–Crippen MR) is 72.0 cm³/mol. The van der Waals surface area contributed by atoms with Gasteiger partial charge in [-0.05, 0) is 13.0 Å². The van der Waals surface area contributed by atoms with Crippen molar-refractivity contribution in [3.05, 3.63) is 23.4 Å². The first-order chi connectivity index (χ1) is 9.31. The highest BCUT2D eigenvalue weighted by molar-refractivity contribution is 6.35. The second kappa shape index (κ2) is 5.24. The average molecular weight is 306 g/mol. The fraction of sp³-hybridized carbons (Fsp3) is 0.250. The molecule has 2 rings (SSSR count). The van der Waals surface area contributed by atoms with E-state index in [0.29, 0.717) is 28.8 Å². The Hall–Kier alpha value is -1.89. The summed E-state index contributed by atoms with van der Waals surface area (Å²) in [5, 5.41) is 3.41. The Morgan fingerprint density at radius 2 is 2.10 bits per heavy atom. The van der Waals surface area contributed by atoms with Crippen molar-refractivity contribution in [2.75, 3.05) is 17.6 Å². The van der Waals surface area contributed by atoms with Gasteiger partial charge >= 0.3 is 6.36 Å². The van der Waals surface area contributed by atoms with E-state index in [1.54, 1.807) is 0 Å². The molecule has 0 saturated carbocycles. The first-order valence-corrected chi connectivity index (χ1v) is 6.07. The van der Waals surface area contributed by atoms with Crippen LogP contribution in [0.1, 0.15) is 6.92 Å². The summed E-state index contributed by atoms with van der Waals surface area (Å²) in [5.41, 5.74) is 6.92. The number of aromatic nitrogens is 1. The van der Waals surface area contributed by atoms with Gasteiger partial charge in [0.1, 0.15) is 5.75 Å². The van der Waals surface area contributed by atoms with Crippen LogP contribution in [0.4, 0.5) is 24.5 Å². The molecule has 1 heterocycles. The van der Waals surface area contributed by atoms with E-state index >= 15 is 0 Å². The molecule has 0 fully saturated rings. The van der Waals surface area contributed by atoms with Crippen LogP contribution in [-0.4, -0.2) is 17.9 Å². The molecule has 0 spiro atoms. The van der Waals surface area contributed by atoms with Gasteiger partial charge in [0.2, 0.25) is 0 Å². The molecule has 0 saturated heterocycles. The maximum absolute atomic E-state index is 12.3.